The lowest BCUT2D eigenvalue weighted by Gasteiger charge is -2.29. The van der Waals surface area contributed by atoms with Crippen molar-refractivity contribution >= 4 is 11.7 Å². The number of nitrogens with one attached hydrogen (secondary N) is 1. The van der Waals surface area contributed by atoms with Gasteiger partial charge in [0.25, 0.3) is 5.91 Å². The molecule has 1 saturated carbocycles. The number of amidine groups is 1. The van der Waals surface area contributed by atoms with Crippen LogP contribution in [0.2, 0.25) is 0 Å². The van der Waals surface area contributed by atoms with E-state index in [1.807, 2.05) is 12.1 Å². The van der Waals surface area contributed by atoms with Crippen LogP contribution in [0.15, 0.2) is 42.6 Å². The van der Waals surface area contributed by atoms with Crippen LogP contribution in [0.25, 0.3) is 0 Å². The van der Waals surface area contributed by atoms with E-state index in [0.29, 0.717) is 11.3 Å². The Hall–Kier alpha value is -3.09. The molecule has 1 aliphatic carbocycles. The average Bonchev–Trinajstić information content (AvgIpc) is 2.64. The van der Waals surface area contributed by atoms with Crippen LogP contribution >= 0.6 is 0 Å². The Labute approximate surface area is 151 Å². The van der Waals surface area contributed by atoms with E-state index in [4.69, 9.17) is 26.4 Å². The summed E-state index contributed by atoms with van der Waals surface area (Å²) < 4.78 is 11.9. The van der Waals surface area contributed by atoms with Gasteiger partial charge in [-0.1, -0.05) is 0 Å². The van der Waals surface area contributed by atoms with Crippen LogP contribution in [0.4, 0.5) is 0 Å². The molecule has 0 atom stereocenters. The minimum atomic E-state index is -0.550. The van der Waals surface area contributed by atoms with E-state index < -0.39 is 5.91 Å². The highest BCUT2D eigenvalue weighted by Gasteiger charge is 2.24. The second kappa shape index (κ2) is 7.86. The smallest absolute Gasteiger partial charge is 0.267 e. The maximum Gasteiger partial charge on any atom is 0.267 e. The number of benzene rings is 1. The van der Waals surface area contributed by atoms with Gasteiger partial charge in [-0.3, -0.25) is 10.2 Å². The van der Waals surface area contributed by atoms with Crippen molar-refractivity contribution in [1.29, 1.82) is 5.41 Å². The van der Waals surface area contributed by atoms with Crippen molar-refractivity contribution in [2.75, 3.05) is 0 Å². The predicted molar refractivity (Wildman–Crippen MR) is 97.5 cm³/mol. The molecule has 5 N–H and O–H groups in total. The predicted octanol–water partition coefficient (Wildman–Crippen LogP) is 2.23. The maximum absolute atomic E-state index is 11.0. The van der Waals surface area contributed by atoms with E-state index in [1.165, 1.54) is 6.20 Å². The van der Waals surface area contributed by atoms with Crippen LogP contribution in [0.5, 0.6) is 11.5 Å². The first kappa shape index (κ1) is 17.7. The summed E-state index contributed by atoms with van der Waals surface area (Å²) in [5.74, 6) is 0.919. The summed E-state index contributed by atoms with van der Waals surface area (Å²) in [6, 6.07) is 10.5. The summed E-state index contributed by atoms with van der Waals surface area (Å²) in [5.41, 5.74) is 11.5. The van der Waals surface area contributed by atoms with Crippen LogP contribution in [0, 0.1) is 5.41 Å². The Kier molecular flexibility index (Phi) is 5.36. The number of primary amides is 1. The molecule has 1 fully saturated rings. The van der Waals surface area contributed by atoms with Gasteiger partial charge >= 0.3 is 0 Å². The largest absolute Gasteiger partial charge is 0.490 e. The van der Waals surface area contributed by atoms with Gasteiger partial charge < -0.3 is 20.9 Å². The van der Waals surface area contributed by atoms with Crippen molar-refractivity contribution in [2.24, 2.45) is 11.5 Å². The molecule has 1 amide bonds. The third-order valence-electron chi connectivity index (χ3n) is 4.38. The summed E-state index contributed by atoms with van der Waals surface area (Å²) in [6.07, 6.45) is 5.34. The third kappa shape index (κ3) is 4.50. The quantitative estimate of drug-likeness (QED) is 0.542. The fourth-order valence-corrected chi connectivity index (χ4v) is 2.96. The SMILES string of the molecule is N=C(N)c1ccc(OC2CCC(Oc3ccc(C(N)=O)nc3)CC2)cc1. The first-order valence-corrected chi connectivity index (χ1v) is 8.55. The van der Waals surface area contributed by atoms with E-state index in [2.05, 4.69) is 4.98 Å². The van der Waals surface area contributed by atoms with Crippen LogP contribution in [0.1, 0.15) is 41.7 Å². The third-order valence-corrected chi connectivity index (χ3v) is 4.38. The highest BCUT2D eigenvalue weighted by atomic mass is 16.5. The van der Waals surface area contributed by atoms with Crippen molar-refractivity contribution in [3.8, 4) is 11.5 Å². The number of nitrogen functional groups attached to an aromatic ring is 1. The molecule has 0 unspecified atom stereocenters. The average molecular weight is 354 g/mol. The van der Waals surface area contributed by atoms with E-state index in [0.717, 1.165) is 31.4 Å². The molecule has 2 aromatic rings. The molecule has 0 aliphatic heterocycles. The van der Waals surface area contributed by atoms with E-state index >= 15 is 0 Å². The Morgan fingerprint density at radius 3 is 1.92 bits per heavy atom. The fraction of sp³-hybridized carbons (Fsp3) is 0.316. The number of ether oxygens (including phenoxy) is 2. The standard InChI is InChI=1S/C19H22N4O3/c20-18(21)12-1-3-13(4-2-12)25-14-5-7-15(8-6-14)26-16-9-10-17(19(22)24)23-11-16/h1-4,9-11,14-15H,5-8H2,(H3,20,21)(H2,22,24). The van der Waals surface area contributed by atoms with Gasteiger partial charge in [0.15, 0.2) is 0 Å². The van der Waals surface area contributed by atoms with Gasteiger partial charge in [-0.25, -0.2) is 4.98 Å². The number of nitrogens with two attached hydrogens (primary N) is 2. The lowest BCUT2D eigenvalue weighted by Crippen LogP contribution is -2.30. The number of amides is 1. The van der Waals surface area contributed by atoms with Crippen molar-refractivity contribution in [3.63, 3.8) is 0 Å². The number of nitrogens with zero attached hydrogens (tertiary/aromatic N) is 1. The van der Waals surface area contributed by atoms with E-state index in [1.54, 1.807) is 24.3 Å². The highest BCUT2D eigenvalue weighted by molar-refractivity contribution is 5.95. The van der Waals surface area contributed by atoms with Gasteiger partial charge in [0.1, 0.15) is 23.0 Å². The molecule has 1 aliphatic rings. The number of rotatable bonds is 6. The number of carbonyl (C=O) groups is 1. The lowest BCUT2D eigenvalue weighted by molar-refractivity contribution is 0.0804. The van der Waals surface area contributed by atoms with Gasteiger partial charge in [0, 0.05) is 5.56 Å². The second-order valence-corrected chi connectivity index (χ2v) is 6.32. The summed E-state index contributed by atoms with van der Waals surface area (Å²) >= 11 is 0. The number of carbonyl (C=O) groups excluding carboxylic acids is 1. The number of hydrogen-bond donors (Lipinski definition) is 3. The first-order valence-electron chi connectivity index (χ1n) is 8.55. The Balaban J connectivity index is 1.47. The number of aromatic nitrogens is 1. The van der Waals surface area contributed by atoms with Crippen LogP contribution < -0.4 is 20.9 Å². The molecule has 0 spiro atoms. The van der Waals surface area contributed by atoms with Gasteiger partial charge in [-0.15, -0.1) is 0 Å². The molecule has 0 radical (unpaired) electrons. The Bertz CT molecular complexity index is 699. The minimum Gasteiger partial charge on any atom is -0.490 e. The molecule has 7 nitrogen and oxygen atoms in total. The fourth-order valence-electron chi connectivity index (χ4n) is 2.96. The zero-order valence-electron chi connectivity index (χ0n) is 14.4. The number of pyridine rings is 1. The van der Waals surface area contributed by atoms with Crippen molar-refractivity contribution in [2.45, 2.75) is 37.9 Å². The molecule has 0 saturated heterocycles. The molecule has 136 valence electrons. The Morgan fingerprint density at radius 2 is 1.46 bits per heavy atom. The van der Waals surface area contributed by atoms with Crippen molar-refractivity contribution < 1.29 is 14.3 Å². The summed E-state index contributed by atoms with van der Waals surface area (Å²) in [5, 5.41) is 7.40. The molecule has 1 aromatic heterocycles. The van der Waals surface area contributed by atoms with Crippen LogP contribution in [0.3, 0.4) is 0 Å². The Morgan fingerprint density at radius 1 is 0.923 bits per heavy atom. The maximum atomic E-state index is 11.0. The molecule has 7 heteroatoms. The molecule has 1 aromatic carbocycles. The molecular weight excluding hydrogens is 332 g/mol. The van der Waals surface area contributed by atoms with Gasteiger partial charge in [-0.05, 0) is 62.1 Å². The van der Waals surface area contributed by atoms with Gasteiger partial charge in [0.2, 0.25) is 0 Å². The number of hydrogen-bond acceptors (Lipinski definition) is 5. The molecule has 1 heterocycles. The van der Waals surface area contributed by atoms with Crippen LogP contribution in [-0.4, -0.2) is 28.9 Å². The van der Waals surface area contributed by atoms with Crippen molar-refractivity contribution in [3.05, 3.63) is 53.9 Å². The van der Waals surface area contributed by atoms with Gasteiger partial charge in [-0.2, -0.15) is 0 Å². The molecular formula is C19H22N4O3. The summed E-state index contributed by atoms with van der Waals surface area (Å²) in [4.78, 5) is 15.0. The zero-order chi connectivity index (χ0) is 18.5. The van der Waals surface area contributed by atoms with Crippen molar-refractivity contribution in [1.82, 2.24) is 4.98 Å². The van der Waals surface area contributed by atoms with Gasteiger partial charge in [0.05, 0.1) is 18.4 Å². The van der Waals surface area contributed by atoms with E-state index in [-0.39, 0.29) is 23.7 Å². The lowest BCUT2D eigenvalue weighted by atomic mass is 9.95. The summed E-state index contributed by atoms with van der Waals surface area (Å²) in [6.45, 7) is 0. The first-order chi connectivity index (χ1) is 12.5. The molecule has 3 rings (SSSR count). The highest BCUT2D eigenvalue weighted by Crippen LogP contribution is 2.27. The monoisotopic (exact) mass is 354 g/mol. The zero-order valence-corrected chi connectivity index (χ0v) is 14.4. The minimum absolute atomic E-state index is 0.0487. The summed E-state index contributed by atoms with van der Waals surface area (Å²) in [7, 11) is 0. The van der Waals surface area contributed by atoms with E-state index in [9.17, 15) is 4.79 Å². The molecule has 0 bridgehead atoms. The molecule has 26 heavy (non-hydrogen) atoms. The normalized spacial score (nSPS) is 19.5. The second-order valence-electron chi connectivity index (χ2n) is 6.32. The van der Waals surface area contributed by atoms with Crippen LogP contribution in [-0.2, 0) is 0 Å². The topological polar surface area (TPSA) is 124 Å².